The van der Waals surface area contributed by atoms with Crippen LogP contribution in [0.25, 0.3) is 22.2 Å². The Balaban J connectivity index is 1.56. The molecular weight excluding hydrogens is 499 g/mol. The molecule has 0 aliphatic carbocycles. The summed E-state index contributed by atoms with van der Waals surface area (Å²) in [6, 6.07) is 22.1. The molecule has 36 heavy (non-hydrogen) atoms. The second-order valence-electron chi connectivity index (χ2n) is 8.35. The smallest absolute Gasteiger partial charge is 0.259 e. The molecule has 1 amide bonds. The third kappa shape index (κ3) is 4.86. The summed E-state index contributed by atoms with van der Waals surface area (Å²) in [5.41, 5.74) is 14.7. The second kappa shape index (κ2) is 9.93. The molecule has 0 saturated carbocycles. The van der Waals surface area contributed by atoms with Gasteiger partial charge in [-0.15, -0.1) is 0 Å². The zero-order chi connectivity index (χ0) is 25.2. The van der Waals surface area contributed by atoms with Crippen LogP contribution in [-0.2, 0) is 11.2 Å². The van der Waals surface area contributed by atoms with Crippen LogP contribution in [0.4, 0.5) is 5.82 Å². The molecule has 2 atom stereocenters. The highest BCUT2D eigenvalue weighted by atomic mass is 35.5. The van der Waals surface area contributed by atoms with E-state index in [-0.39, 0.29) is 0 Å². The van der Waals surface area contributed by atoms with Crippen molar-refractivity contribution >= 4 is 45.8 Å². The lowest BCUT2D eigenvalue weighted by Gasteiger charge is -2.24. The van der Waals surface area contributed by atoms with E-state index in [1.807, 2.05) is 48.5 Å². The molecule has 0 spiro atoms. The number of hydrogen-bond acceptors (Lipinski definition) is 5. The highest BCUT2D eigenvalue weighted by Gasteiger charge is 2.33. The molecule has 0 saturated heterocycles. The highest BCUT2D eigenvalue weighted by molar-refractivity contribution is 6.32. The predicted molar refractivity (Wildman–Crippen MR) is 141 cm³/mol. The number of carbonyl (C=O) groups is 1. The molecule has 0 aliphatic heterocycles. The van der Waals surface area contributed by atoms with Crippen molar-refractivity contribution in [3.8, 4) is 17.0 Å². The molecule has 1 unspecified atom stereocenters. The molecular formula is C26H22Cl2N6O2. The third-order valence-electron chi connectivity index (χ3n) is 5.90. The maximum Gasteiger partial charge on any atom is 0.259 e. The Kier molecular flexibility index (Phi) is 6.54. The van der Waals surface area contributed by atoms with Gasteiger partial charge in [-0.3, -0.25) is 9.89 Å². The molecule has 3 aromatic carbocycles. The molecule has 0 radical (unpaired) electrons. The minimum Gasteiger partial charge on any atom is -0.480 e. The van der Waals surface area contributed by atoms with Crippen LogP contribution in [0, 0.1) is 0 Å². The van der Waals surface area contributed by atoms with Crippen LogP contribution in [0.2, 0.25) is 10.2 Å². The molecule has 0 fully saturated rings. The van der Waals surface area contributed by atoms with Gasteiger partial charge in [-0.1, -0.05) is 65.7 Å². The number of carbonyl (C=O) groups excluding carboxylic acids is 1. The van der Waals surface area contributed by atoms with Gasteiger partial charge in [-0.25, -0.2) is 4.98 Å². The van der Waals surface area contributed by atoms with Crippen molar-refractivity contribution in [1.82, 2.24) is 20.2 Å². The van der Waals surface area contributed by atoms with Crippen molar-refractivity contribution in [3.05, 3.63) is 94.4 Å². The number of ether oxygens (including phenoxy) is 1. The number of aromatic amines is 2. The van der Waals surface area contributed by atoms with Gasteiger partial charge in [0.25, 0.3) is 5.91 Å². The summed E-state index contributed by atoms with van der Waals surface area (Å²) in [6.45, 7) is 0. The van der Waals surface area contributed by atoms with Gasteiger partial charge in [-0.2, -0.15) is 5.10 Å². The van der Waals surface area contributed by atoms with Gasteiger partial charge >= 0.3 is 0 Å². The summed E-state index contributed by atoms with van der Waals surface area (Å²) in [7, 11) is 0. The lowest BCUT2D eigenvalue weighted by molar-refractivity contribution is -0.125. The monoisotopic (exact) mass is 520 g/mol. The first-order valence-electron chi connectivity index (χ1n) is 11.1. The van der Waals surface area contributed by atoms with E-state index in [2.05, 4.69) is 15.2 Å². The zero-order valence-corrected chi connectivity index (χ0v) is 20.4. The van der Waals surface area contributed by atoms with E-state index < -0.39 is 17.9 Å². The van der Waals surface area contributed by atoms with Crippen molar-refractivity contribution in [2.75, 3.05) is 5.73 Å². The Labute approximate surface area is 216 Å². The van der Waals surface area contributed by atoms with E-state index in [0.717, 1.165) is 22.0 Å². The number of amides is 1. The Morgan fingerprint density at radius 2 is 1.83 bits per heavy atom. The van der Waals surface area contributed by atoms with Gasteiger partial charge in [0.1, 0.15) is 22.4 Å². The first-order chi connectivity index (χ1) is 17.4. The van der Waals surface area contributed by atoms with E-state index >= 15 is 0 Å². The summed E-state index contributed by atoms with van der Waals surface area (Å²) < 4.78 is 6.07. The minimum atomic E-state index is -1.05. The van der Waals surface area contributed by atoms with E-state index in [1.54, 1.807) is 24.3 Å². The average molecular weight is 521 g/mol. The van der Waals surface area contributed by atoms with E-state index in [1.165, 1.54) is 0 Å². The van der Waals surface area contributed by atoms with Crippen molar-refractivity contribution in [1.29, 1.82) is 0 Å². The van der Waals surface area contributed by atoms with Crippen LogP contribution in [0.5, 0.6) is 5.75 Å². The number of imidazole rings is 1. The highest BCUT2D eigenvalue weighted by Crippen LogP contribution is 2.34. The number of H-pyrrole nitrogens is 2. The number of nitrogen functional groups attached to an aromatic ring is 1. The van der Waals surface area contributed by atoms with Gasteiger partial charge < -0.3 is 21.2 Å². The quantitative estimate of drug-likeness (QED) is 0.225. The van der Waals surface area contributed by atoms with Crippen LogP contribution < -0.4 is 16.2 Å². The number of nitrogens with two attached hydrogens (primary N) is 2. The maximum absolute atomic E-state index is 12.7. The molecule has 0 aliphatic rings. The Bertz CT molecular complexity index is 1530. The number of anilines is 1. The minimum absolute atomic E-state index is 0.320. The fourth-order valence-corrected chi connectivity index (χ4v) is 4.59. The van der Waals surface area contributed by atoms with Crippen molar-refractivity contribution in [2.24, 2.45) is 5.73 Å². The van der Waals surface area contributed by atoms with Crippen LogP contribution >= 0.6 is 23.2 Å². The molecule has 2 heterocycles. The number of halogens is 2. The van der Waals surface area contributed by atoms with Crippen LogP contribution in [-0.4, -0.2) is 32.2 Å². The second-order valence-corrected chi connectivity index (χ2v) is 9.16. The Morgan fingerprint density at radius 1 is 1.03 bits per heavy atom. The lowest BCUT2D eigenvalue weighted by atomic mass is 9.92. The SMILES string of the molecule is NC(=O)C(Oc1cccc(Cl)c1)[C@@H](Cc1ccccc1)c1nc(-c2ccc3c(N)n[nH]c3c2)c(Cl)[nH]1. The lowest BCUT2D eigenvalue weighted by Crippen LogP contribution is -2.40. The first-order valence-corrected chi connectivity index (χ1v) is 11.9. The van der Waals surface area contributed by atoms with Crippen LogP contribution in [0.3, 0.4) is 0 Å². The Morgan fingerprint density at radius 3 is 2.58 bits per heavy atom. The summed E-state index contributed by atoms with van der Waals surface area (Å²) in [6.07, 6.45) is -0.623. The summed E-state index contributed by atoms with van der Waals surface area (Å²) in [4.78, 5) is 20.6. The number of primary amides is 1. The first kappa shape index (κ1) is 23.7. The van der Waals surface area contributed by atoms with Crippen LogP contribution in [0.15, 0.2) is 72.8 Å². The normalized spacial score (nSPS) is 12.9. The number of nitrogens with one attached hydrogen (secondary N) is 2. The number of rotatable bonds is 8. The number of nitrogens with zero attached hydrogens (tertiary/aromatic N) is 2. The zero-order valence-electron chi connectivity index (χ0n) is 18.9. The van der Waals surface area contributed by atoms with Gasteiger partial charge in [0, 0.05) is 16.0 Å². The van der Waals surface area contributed by atoms with E-state index in [0.29, 0.717) is 39.7 Å². The molecule has 6 N–H and O–H groups in total. The molecule has 2 aromatic heterocycles. The molecule has 5 rings (SSSR count). The largest absolute Gasteiger partial charge is 0.480 e. The maximum atomic E-state index is 12.7. The average Bonchev–Trinajstić information content (AvgIpc) is 3.44. The molecule has 5 aromatic rings. The number of fused-ring (bicyclic) bond motifs is 1. The molecule has 0 bridgehead atoms. The topological polar surface area (TPSA) is 136 Å². The van der Waals surface area contributed by atoms with E-state index in [9.17, 15) is 4.79 Å². The van der Waals surface area contributed by atoms with Gasteiger partial charge in [0.15, 0.2) is 11.9 Å². The summed E-state index contributed by atoms with van der Waals surface area (Å²) >= 11 is 12.7. The van der Waals surface area contributed by atoms with Crippen molar-refractivity contribution < 1.29 is 9.53 Å². The fraction of sp³-hybridized carbons (Fsp3) is 0.115. The van der Waals surface area contributed by atoms with Crippen LogP contribution in [0.1, 0.15) is 17.3 Å². The van der Waals surface area contributed by atoms with Crippen molar-refractivity contribution in [2.45, 2.75) is 18.4 Å². The number of aromatic nitrogens is 4. The fourth-order valence-electron chi connectivity index (χ4n) is 4.16. The van der Waals surface area contributed by atoms with Crippen molar-refractivity contribution in [3.63, 3.8) is 0 Å². The van der Waals surface area contributed by atoms with Gasteiger partial charge in [0.05, 0.1) is 11.4 Å². The van der Waals surface area contributed by atoms with E-state index in [4.69, 9.17) is 44.4 Å². The number of hydrogen-bond donors (Lipinski definition) is 4. The number of benzene rings is 3. The Hall–Kier alpha value is -4.01. The third-order valence-corrected chi connectivity index (χ3v) is 6.41. The molecule has 10 heteroatoms. The predicted octanol–water partition coefficient (Wildman–Crippen LogP) is 5.10. The summed E-state index contributed by atoms with van der Waals surface area (Å²) in [5, 5.41) is 8.54. The van der Waals surface area contributed by atoms with Gasteiger partial charge in [0.2, 0.25) is 0 Å². The standard InChI is InChI=1S/C26H22Cl2N6O2/c27-16-7-4-8-17(13-16)36-22(25(30)35)19(11-14-5-2-1-3-6-14)26-31-21(23(28)32-26)15-9-10-18-20(12-15)33-34-24(18)29/h1-10,12-13,19,22H,11H2,(H2,30,35)(H,31,32)(H3,29,33,34)/t19-,22?/m1/s1. The molecule has 8 nitrogen and oxygen atoms in total. The summed E-state index contributed by atoms with van der Waals surface area (Å²) in [5.74, 6) is 0.0928. The van der Waals surface area contributed by atoms with Gasteiger partial charge in [-0.05, 0) is 42.3 Å². The molecule has 182 valence electrons.